The molecule has 17 heavy (non-hydrogen) atoms. The van der Waals surface area contributed by atoms with E-state index >= 15 is 0 Å². The lowest BCUT2D eigenvalue weighted by molar-refractivity contribution is 0.361. The predicted octanol–water partition coefficient (Wildman–Crippen LogP) is 3.07. The summed E-state index contributed by atoms with van der Waals surface area (Å²) in [5, 5.41) is 11.1. The summed E-state index contributed by atoms with van der Waals surface area (Å²) in [5.41, 5.74) is 0.402. The maximum Gasteiger partial charge on any atom is 0.206 e. The predicted molar refractivity (Wildman–Crippen MR) is 76.9 cm³/mol. The standard InChI is InChI=1S/C12H24N4.CH4.H2/c1-12(2,3)8-6-7-9-14-11(15-10-13)16(4)5;;/h6-9H2,1-5H3,(H,14,15);1H4;1H. The first-order valence-corrected chi connectivity index (χ1v) is 5.74. The van der Waals surface area contributed by atoms with Crippen LogP contribution in [0.5, 0.6) is 0 Å². The van der Waals surface area contributed by atoms with Crippen molar-refractivity contribution in [2.45, 2.75) is 47.5 Å². The molecule has 0 atom stereocenters. The first-order chi connectivity index (χ1) is 7.37. The molecule has 0 unspecified atom stereocenters. The van der Waals surface area contributed by atoms with Gasteiger partial charge in [0.1, 0.15) is 0 Å². The van der Waals surface area contributed by atoms with E-state index in [-0.39, 0.29) is 8.85 Å². The Hall–Kier alpha value is -1.24. The number of aliphatic imine (C=N–C) groups is 1. The van der Waals surface area contributed by atoms with E-state index in [1.54, 1.807) is 0 Å². The van der Waals surface area contributed by atoms with Crippen molar-refractivity contribution >= 4 is 5.96 Å². The Kier molecular flexibility index (Phi) is 9.45. The van der Waals surface area contributed by atoms with Crippen LogP contribution in [0.2, 0.25) is 0 Å². The fourth-order valence-electron chi connectivity index (χ4n) is 1.29. The second kappa shape index (κ2) is 8.86. The number of nitrogens with one attached hydrogen (secondary N) is 1. The minimum atomic E-state index is 0. The average Bonchev–Trinajstić information content (AvgIpc) is 2.13. The lowest BCUT2D eigenvalue weighted by atomic mass is 9.90. The van der Waals surface area contributed by atoms with Gasteiger partial charge in [-0.15, -0.1) is 0 Å². The number of rotatable bonds is 4. The molecule has 1 N–H and O–H groups in total. The van der Waals surface area contributed by atoms with Crippen molar-refractivity contribution in [2.24, 2.45) is 10.4 Å². The first kappa shape index (κ1) is 18.1. The fraction of sp³-hybridized carbons (Fsp3) is 0.846. The molecule has 0 aliphatic rings. The van der Waals surface area contributed by atoms with Crippen molar-refractivity contribution in [1.29, 1.82) is 5.26 Å². The molecule has 0 aliphatic carbocycles. The highest BCUT2D eigenvalue weighted by Gasteiger charge is 2.08. The van der Waals surface area contributed by atoms with Gasteiger partial charge in [0.05, 0.1) is 0 Å². The van der Waals surface area contributed by atoms with Crippen molar-refractivity contribution in [1.82, 2.24) is 10.2 Å². The fourth-order valence-corrected chi connectivity index (χ4v) is 1.29. The van der Waals surface area contributed by atoms with Gasteiger partial charge >= 0.3 is 0 Å². The van der Waals surface area contributed by atoms with Gasteiger partial charge in [0.2, 0.25) is 5.96 Å². The van der Waals surface area contributed by atoms with Crippen LogP contribution in [-0.4, -0.2) is 31.5 Å². The quantitative estimate of drug-likeness (QED) is 0.271. The van der Waals surface area contributed by atoms with Crippen molar-refractivity contribution in [3.8, 4) is 6.19 Å². The van der Waals surface area contributed by atoms with Gasteiger partial charge < -0.3 is 4.90 Å². The molecular weight excluding hydrogens is 212 g/mol. The van der Waals surface area contributed by atoms with E-state index in [2.05, 4.69) is 31.1 Å². The number of guanidine groups is 1. The zero-order valence-electron chi connectivity index (χ0n) is 11.2. The highest BCUT2D eigenvalue weighted by atomic mass is 15.3. The van der Waals surface area contributed by atoms with Crippen LogP contribution >= 0.6 is 0 Å². The van der Waals surface area contributed by atoms with Gasteiger partial charge in [-0.05, 0) is 18.3 Å². The molecule has 0 saturated heterocycles. The van der Waals surface area contributed by atoms with E-state index in [0.29, 0.717) is 11.4 Å². The van der Waals surface area contributed by atoms with Crippen LogP contribution in [-0.2, 0) is 0 Å². The van der Waals surface area contributed by atoms with Crippen molar-refractivity contribution in [3.05, 3.63) is 0 Å². The minimum absolute atomic E-state index is 0. The summed E-state index contributed by atoms with van der Waals surface area (Å²) in [6.07, 6.45) is 5.36. The van der Waals surface area contributed by atoms with Crippen molar-refractivity contribution in [2.75, 3.05) is 20.6 Å². The molecule has 4 nitrogen and oxygen atoms in total. The largest absolute Gasteiger partial charge is 0.348 e. The molecule has 0 spiro atoms. The number of unbranched alkanes of at least 4 members (excludes halogenated alkanes) is 1. The van der Waals surface area contributed by atoms with E-state index in [1.807, 2.05) is 25.2 Å². The van der Waals surface area contributed by atoms with Gasteiger partial charge in [0.25, 0.3) is 0 Å². The van der Waals surface area contributed by atoms with E-state index in [9.17, 15) is 0 Å². The van der Waals surface area contributed by atoms with Crippen LogP contribution < -0.4 is 5.32 Å². The Bertz CT molecular complexity index is 261. The van der Waals surface area contributed by atoms with Gasteiger partial charge in [-0.3, -0.25) is 10.3 Å². The minimum Gasteiger partial charge on any atom is -0.348 e. The van der Waals surface area contributed by atoms with E-state index < -0.39 is 0 Å². The van der Waals surface area contributed by atoms with E-state index in [4.69, 9.17) is 5.26 Å². The molecule has 0 saturated carbocycles. The normalized spacial score (nSPS) is 11.4. The second-order valence-electron chi connectivity index (χ2n) is 5.35. The number of nitriles is 1. The number of nitrogens with zero attached hydrogens (tertiary/aromatic N) is 3. The maximum absolute atomic E-state index is 8.53. The lowest BCUT2D eigenvalue weighted by Gasteiger charge is -2.17. The zero-order chi connectivity index (χ0) is 12.6. The molecule has 0 rings (SSSR count). The van der Waals surface area contributed by atoms with Crippen molar-refractivity contribution < 1.29 is 1.43 Å². The Morgan fingerprint density at radius 2 is 1.94 bits per heavy atom. The van der Waals surface area contributed by atoms with Gasteiger partial charge in [-0.1, -0.05) is 34.6 Å². The molecule has 0 aliphatic heterocycles. The number of hydrogen-bond donors (Lipinski definition) is 1. The third kappa shape index (κ3) is 11.0. The summed E-state index contributed by atoms with van der Waals surface area (Å²) in [6.45, 7) is 7.52. The number of hydrogen-bond acceptors (Lipinski definition) is 2. The summed E-state index contributed by atoms with van der Waals surface area (Å²) in [7, 11) is 3.75. The Labute approximate surface area is 108 Å². The molecule has 0 aromatic heterocycles. The monoisotopic (exact) mass is 242 g/mol. The second-order valence-corrected chi connectivity index (χ2v) is 5.35. The molecule has 0 bridgehead atoms. The van der Waals surface area contributed by atoms with Crippen LogP contribution in [0.4, 0.5) is 0 Å². The van der Waals surface area contributed by atoms with Gasteiger partial charge in [0.15, 0.2) is 6.19 Å². The Morgan fingerprint density at radius 3 is 2.35 bits per heavy atom. The molecule has 0 radical (unpaired) electrons. The van der Waals surface area contributed by atoms with Gasteiger partial charge in [-0.2, -0.15) is 5.26 Å². The SMILES string of the molecule is C.CN(C)C(=NCCCCC(C)(C)C)NC#N.[HH]. The summed E-state index contributed by atoms with van der Waals surface area (Å²) >= 11 is 0. The van der Waals surface area contributed by atoms with Crippen LogP contribution in [0, 0.1) is 16.9 Å². The molecule has 0 aromatic rings. The van der Waals surface area contributed by atoms with Crippen LogP contribution in [0.3, 0.4) is 0 Å². The highest BCUT2D eigenvalue weighted by Crippen LogP contribution is 2.21. The highest BCUT2D eigenvalue weighted by molar-refractivity contribution is 5.80. The van der Waals surface area contributed by atoms with Gasteiger partial charge in [0, 0.05) is 22.1 Å². The smallest absolute Gasteiger partial charge is 0.206 e. The summed E-state index contributed by atoms with van der Waals surface area (Å²) in [6, 6.07) is 0. The molecule has 0 fully saturated rings. The molecule has 0 amide bonds. The molecule has 0 heterocycles. The van der Waals surface area contributed by atoms with Crippen LogP contribution in [0.25, 0.3) is 0 Å². The summed E-state index contributed by atoms with van der Waals surface area (Å²) in [5.74, 6) is 0.637. The van der Waals surface area contributed by atoms with Crippen molar-refractivity contribution in [3.63, 3.8) is 0 Å². The average molecular weight is 242 g/mol. The molecule has 102 valence electrons. The molecule has 4 heteroatoms. The third-order valence-electron chi connectivity index (χ3n) is 2.19. The Balaban J connectivity index is -0.00000112. The summed E-state index contributed by atoms with van der Waals surface area (Å²) < 4.78 is 0. The molecular formula is C13H30N4. The summed E-state index contributed by atoms with van der Waals surface area (Å²) in [4.78, 5) is 6.15. The topological polar surface area (TPSA) is 51.4 Å². The van der Waals surface area contributed by atoms with Crippen LogP contribution in [0.1, 0.15) is 48.9 Å². The zero-order valence-corrected chi connectivity index (χ0v) is 11.2. The Morgan fingerprint density at radius 1 is 1.35 bits per heavy atom. The molecule has 0 aromatic carbocycles. The third-order valence-corrected chi connectivity index (χ3v) is 2.19. The maximum atomic E-state index is 8.53. The lowest BCUT2D eigenvalue weighted by Crippen LogP contribution is -2.33. The van der Waals surface area contributed by atoms with Gasteiger partial charge in [-0.25, -0.2) is 0 Å². The first-order valence-electron chi connectivity index (χ1n) is 5.74. The van der Waals surface area contributed by atoms with Crippen LogP contribution in [0.15, 0.2) is 4.99 Å². The van der Waals surface area contributed by atoms with E-state index in [0.717, 1.165) is 13.0 Å². The van der Waals surface area contributed by atoms with E-state index in [1.165, 1.54) is 12.8 Å².